The summed E-state index contributed by atoms with van der Waals surface area (Å²) in [5, 5.41) is 0. The van der Waals surface area contributed by atoms with Crippen molar-refractivity contribution in [3.05, 3.63) is 29.8 Å². The molecule has 2 nitrogen and oxygen atoms in total. The lowest BCUT2D eigenvalue weighted by molar-refractivity contribution is 0.595. The Balaban J connectivity index is 2.69. The Bertz CT molecular complexity index is 324. The summed E-state index contributed by atoms with van der Waals surface area (Å²) in [5.41, 5.74) is 8.55. The largest absolute Gasteiger partial charge is 0.368 e. The maximum Gasteiger partial charge on any atom is 0.0420 e. The third kappa shape index (κ3) is 4.54. The van der Waals surface area contributed by atoms with Gasteiger partial charge in [-0.05, 0) is 43.9 Å². The van der Waals surface area contributed by atoms with Crippen molar-refractivity contribution in [1.82, 2.24) is 0 Å². The highest BCUT2D eigenvalue weighted by Crippen LogP contribution is 2.19. The van der Waals surface area contributed by atoms with Gasteiger partial charge in [0.2, 0.25) is 0 Å². The lowest BCUT2D eigenvalue weighted by atomic mass is 10.1. The topological polar surface area (TPSA) is 29.3 Å². The minimum Gasteiger partial charge on any atom is -0.368 e. The van der Waals surface area contributed by atoms with Crippen LogP contribution >= 0.6 is 11.8 Å². The second-order valence-corrected chi connectivity index (χ2v) is 5.89. The molecule has 0 radical (unpaired) electrons. The van der Waals surface area contributed by atoms with Gasteiger partial charge in [0.15, 0.2) is 0 Å². The molecule has 0 amide bonds. The number of nitrogens with two attached hydrogens (primary N) is 1. The van der Waals surface area contributed by atoms with Crippen molar-refractivity contribution in [2.24, 2.45) is 5.73 Å². The predicted octanol–water partition coefficient (Wildman–Crippen LogP) is 3.29. The van der Waals surface area contributed by atoms with E-state index < -0.39 is 0 Å². The van der Waals surface area contributed by atoms with Crippen LogP contribution in [0.2, 0.25) is 0 Å². The highest BCUT2D eigenvalue weighted by Gasteiger charge is 2.15. The smallest absolute Gasteiger partial charge is 0.0420 e. The van der Waals surface area contributed by atoms with Gasteiger partial charge in [0.25, 0.3) is 0 Å². The third-order valence-electron chi connectivity index (χ3n) is 3.22. The van der Waals surface area contributed by atoms with Crippen LogP contribution in [0.25, 0.3) is 0 Å². The highest BCUT2D eigenvalue weighted by atomic mass is 32.2. The van der Waals surface area contributed by atoms with Gasteiger partial charge in [0.1, 0.15) is 0 Å². The Labute approximate surface area is 116 Å². The van der Waals surface area contributed by atoms with Gasteiger partial charge in [-0.3, -0.25) is 0 Å². The highest BCUT2D eigenvalue weighted by molar-refractivity contribution is 7.99. The van der Waals surface area contributed by atoms with E-state index in [2.05, 4.69) is 49.9 Å². The number of aryl methyl sites for hydroxylation is 1. The van der Waals surface area contributed by atoms with Crippen LogP contribution < -0.4 is 10.6 Å². The van der Waals surface area contributed by atoms with Crippen molar-refractivity contribution in [3.8, 4) is 0 Å². The van der Waals surface area contributed by atoms with Crippen LogP contribution in [-0.2, 0) is 0 Å². The van der Waals surface area contributed by atoms with E-state index in [1.165, 1.54) is 22.8 Å². The van der Waals surface area contributed by atoms with Gasteiger partial charge >= 0.3 is 0 Å². The molecule has 1 rings (SSSR count). The summed E-state index contributed by atoms with van der Waals surface area (Å²) in [6.45, 7) is 8.28. The molecule has 1 unspecified atom stereocenters. The molecule has 0 heterocycles. The zero-order valence-electron chi connectivity index (χ0n) is 11.9. The maximum absolute atomic E-state index is 5.95. The van der Waals surface area contributed by atoms with E-state index in [0.717, 1.165) is 19.5 Å². The molecule has 0 saturated heterocycles. The van der Waals surface area contributed by atoms with Crippen molar-refractivity contribution in [1.29, 1.82) is 0 Å². The first-order valence-corrected chi connectivity index (χ1v) is 7.99. The third-order valence-corrected chi connectivity index (χ3v) is 4.15. The van der Waals surface area contributed by atoms with Gasteiger partial charge in [0, 0.05) is 24.8 Å². The first-order valence-electron chi connectivity index (χ1n) is 6.84. The van der Waals surface area contributed by atoms with Crippen LogP contribution in [0.4, 0.5) is 5.69 Å². The number of hydrogen-bond donors (Lipinski definition) is 1. The number of thioether (sulfide) groups is 1. The van der Waals surface area contributed by atoms with Gasteiger partial charge in [-0.15, -0.1) is 0 Å². The molecule has 1 aromatic rings. The zero-order valence-corrected chi connectivity index (χ0v) is 12.7. The Morgan fingerprint density at radius 1 is 1.22 bits per heavy atom. The minimum absolute atomic E-state index is 0.455. The van der Waals surface area contributed by atoms with Crippen molar-refractivity contribution in [2.45, 2.75) is 33.2 Å². The number of likely N-dealkylation sites (N-methyl/N-ethyl adjacent to an activating group) is 1. The molecule has 18 heavy (non-hydrogen) atoms. The average molecular weight is 266 g/mol. The molecular formula is C15H26N2S. The van der Waals surface area contributed by atoms with E-state index in [0.29, 0.717) is 6.04 Å². The Morgan fingerprint density at radius 2 is 1.89 bits per heavy atom. The molecule has 0 spiro atoms. The summed E-state index contributed by atoms with van der Waals surface area (Å²) in [7, 11) is 0. The number of benzene rings is 1. The molecule has 0 bridgehead atoms. The SMILES string of the molecule is CCSCCC(CN)N(CC)c1ccc(C)cc1. The monoisotopic (exact) mass is 266 g/mol. The molecule has 0 aliphatic carbocycles. The number of anilines is 1. The summed E-state index contributed by atoms with van der Waals surface area (Å²) in [5.74, 6) is 2.38. The van der Waals surface area contributed by atoms with Crippen LogP contribution in [0.1, 0.15) is 25.8 Å². The van der Waals surface area contributed by atoms with E-state index in [9.17, 15) is 0 Å². The molecule has 3 heteroatoms. The van der Waals surface area contributed by atoms with Gasteiger partial charge in [0.05, 0.1) is 0 Å². The van der Waals surface area contributed by atoms with Crippen LogP contribution in [0.15, 0.2) is 24.3 Å². The fourth-order valence-corrected chi connectivity index (χ4v) is 2.88. The second kappa shape index (κ2) is 8.44. The Kier molecular flexibility index (Phi) is 7.21. The average Bonchev–Trinajstić information content (AvgIpc) is 2.40. The zero-order chi connectivity index (χ0) is 13.4. The van der Waals surface area contributed by atoms with Crippen LogP contribution in [0.3, 0.4) is 0 Å². The fourth-order valence-electron chi connectivity index (χ4n) is 2.15. The van der Waals surface area contributed by atoms with Gasteiger partial charge < -0.3 is 10.6 Å². The van der Waals surface area contributed by atoms with Gasteiger partial charge in [-0.25, -0.2) is 0 Å². The first kappa shape index (κ1) is 15.4. The van der Waals surface area contributed by atoms with Crippen molar-refractivity contribution < 1.29 is 0 Å². The fraction of sp³-hybridized carbons (Fsp3) is 0.600. The quantitative estimate of drug-likeness (QED) is 0.732. The first-order chi connectivity index (χ1) is 8.72. The van der Waals surface area contributed by atoms with Crippen LogP contribution in [-0.4, -0.2) is 30.6 Å². The van der Waals surface area contributed by atoms with Gasteiger partial charge in [-0.2, -0.15) is 11.8 Å². The summed E-state index contributed by atoms with van der Waals surface area (Å²) in [6, 6.07) is 9.21. The van der Waals surface area contributed by atoms with E-state index in [1.807, 2.05) is 11.8 Å². The normalized spacial score (nSPS) is 12.4. The van der Waals surface area contributed by atoms with Crippen molar-refractivity contribution in [3.63, 3.8) is 0 Å². The molecule has 0 aliphatic heterocycles. The summed E-state index contributed by atoms with van der Waals surface area (Å²) in [4.78, 5) is 2.43. The van der Waals surface area contributed by atoms with Crippen molar-refractivity contribution >= 4 is 17.4 Å². The molecule has 102 valence electrons. The molecule has 1 atom stereocenters. The maximum atomic E-state index is 5.95. The van der Waals surface area contributed by atoms with E-state index >= 15 is 0 Å². The van der Waals surface area contributed by atoms with E-state index in [1.54, 1.807) is 0 Å². The van der Waals surface area contributed by atoms with Crippen LogP contribution in [0.5, 0.6) is 0 Å². The molecule has 0 aliphatic rings. The molecule has 2 N–H and O–H groups in total. The summed E-state index contributed by atoms with van der Waals surface area (Å²) < 4.78 is 0. The predicted molar refractivity (Wildman–Crippen MR) is 84.7 cm³/mol. The lowest BCUT2D eigenvalue weighted by Crippen LogP contribution is -2.41. The molecular weight excluding hydrogens is 240 g/mol. The Morgan fingerprint density at radius 3 is 2.39 bits per heavy atom. The Hall–Kier alpha value is -0.670. The molecule has 1 aromatic carbocycles. The summed E-state index contributed by atoms with van der Waals surface area (Å²) >= 11 is 2.00. The summed E-state index contributed by atoms with van der Waals surface area (Å²) in [6.07, 6.45) is 1.16. The van der Waals surface area contributed by atoms with Gasteiger partial charge in [-0.1, -0.05) is 24.6 Å². The standard InChI is InChI=1S/C15H26N2S/c1-4-17(14-8-6-13(3)7-9-14)15(12-16)10-11-18-5-2/h6-9,15H,4-5,10-12,16H2,1-3H3. The lowest BCUT2D eigenvalue weighted by Gasteiger charge is -2.32. The molecule has 0 saturated carbocycles. The van der Waals surface area contributed by atoms with E-state index in [-0.39, 0.29) is 0 Å². The minimum atomic E-state index is 0.455. The number of nitrogens with zero attached hydrogens (tertiary/aromatic N) is 1. The molecule has 0 fully saturated rings. The van der Waals surface area contributed by atoms with Crippen LogP contribution in [0, 0.1) is 6.92 Å². The van der Waals surface area contributed by atoms with E-state index in [4.69, 9.17) is 5.73 Å². The second-order valence-electron chi connectivity index (χ2n) is 4.50. The number of rotatable bonds is 8. The van der Waals surface area contributed by atoms with Crippen molar-refractivity contribution in [2.75, 3.05) is 29.5 Å². The number of hydrogen-bond acceptors (Lipinski definition) is 3. The molecule has 0 aromatic heterocycles.